The van der Waals surface area contributed by atoms with Gasteiger partial charge in [0, 0.05) is 0 Å². The van der Waals surface area contributed by atoms with Crippen molar-refractivity contribution in [2.45, 2.75) is 46.8 Å². The summed E-state index contributed by atoms with van der Waals surface area (Å²) >= 11 is 0. The topological polar surface area (TPSA) is 132 Å². The van der Waals surface area contributed by atoms with Crippen LogP contribution in [0.2, 0.25) is 0 Å². The lowest BCUT2D eigenvalue weighted by atomic mass is 10.1. The summed E-state index contributed by atoms with van der Waals surface area (Å²) in [7, 11) is -11.0. The summed E-state index contributed by atoms with van der Waals surface area (Å²) in [6.45, 7) is 5.90. The highest BCUT2D eigenvalue weighted by Crippen LogP contribution is 2.28. The molecule has 0 radical (unpaired) electrons. The molecule has 0 aliphatic carbocycles. The number of ether oxygens (including phenoxy) is 1. The van der Waals surface area contributed by atoms with E-state index >= 15 is 0 Å². The van der Waals surface area contributed by atoms with Gasteiger partial charge in [-0.25, -0.2) is 16.8 Å². The van der Waals surface area contributed by atoms with Crippen molar-refractivity contribution in [3.05, 3.63) is 144 Å². The van der Waals surface area contributed by atoms with Crippen molar-refractivity contribution in [1.29, 1.82) is 0 Å². The third-order valence-corrected chi connectivity index (χ3v) is 9.89. The van der Waals surface area contributed by atoms with Gasteiger partial charge in [0.1, 0.15) is 11.5 Å². The van der Waals surface area contributed by atoms with E-state index in [1.807, 2.05) is 63.2 Å². The summed E-state index contributed by atoms with van der Waals surface area (Å²) in [5.74, 6) is 0.865. The van der Waals surface area contributed by atoms with Gasteiger partial charge in [-0.1, -0.05) is 74.0 Å². The Bertz CT molecular complexity index is 2010. The Morgan fingerprint density at radius 2 is 0.804 bits per heavy atom. The Morgan fingerprint density at radius 1 is 0.500 bits per heavy atom. The van der Waals surface area contributed by atoms with E-state index in [-0.39, 0.29) is 19.6 Å². The molecule has 0 heterocycles. The molecule has 0 bridgehead atoms. The number of sulfone groups is 2. The molecule has 0 spiro atoms. The minimum absolute atomic E-state index is 0.158. The lowest BCUT2D eigenvalue weighted by molar-refractivity contribution is 0.481. The molecule has 0 fully saturated rings. The maximum absolute atomic E-state index is 13.1. The zero-order valence-electron chi connectivity index (χ0n) is 25.9. The van der Waals surface area contributed by atoms with Crippen LogP contribution in [0.25, 0.3) is 0 Å². The van der Waals surface area contributed by atoms with Crippen LogP contribution in [0.4, 0.5) is 0 Å². The van der Waals surface area contributed by atoms with Gasteiger partial charge in [0.15, 0.2) is 0 Å². The molecule has 0 amide bonds. The van der Waals surface area contributed by atoms with E-state index in [4.69, 9.17) is 9.29 Å². The molecule has 0 saturated carbocycles. The number of hydrogen-bond donors (Lipinski definition) is 1. The van der Waals surface area contributed by atoms with Gasteiger partial charge in [-0.05, 0) is 97.3 Å². The Morgan fingerprint density at radius 3 is 1.17 bits per heavy atom. The second-order valence-electron chi connectivity index (χ2n) is 9.90. The summed E-state index contributed by atoms with van der Waals surface area (Å²) in [4.78, 5) is 0.767. The van der Waals surface area contributed by atoms with E-state index in [0.717, 1.165) is 23.1 Å². The van der Waals surface area contributed by atoms with Gasteiger partial charge in [0.05, 0.1) is 25.8 Å². The number of benzene rings is 5. The van der Waals surface area contributed by atoms with Gasteiger partial charge in [0.25, 0.3) is 10.1 Å². The maximum atomic E-state index is 13.1. The quantitative estimate of drug-likeness (QED) is 0.166. The zero-order chi connectivity index (χ0) is 34.0. The molecular weight excluding hydrogens is 645 g/mol. The molecule has 242 valence electrons. The first kappa shape index (κ1) is 36.2. The van der Waals surface area contributed by atoms with Crippen molar-refractivity contribution in [2.75, 3.05) is 6.26 Å². The summed E-state index contributed by atoms with van der Waals surface area (Å²) in [6, 6.07) is 35.9. The van der Waals surface area contributed by atoms with Gasteiger partial charge in [-0.15, -0.1) is 0 Å². The SMILES string of the molecule is CC.CS(=O)(=O)O.Cc1ccc(S(=O)(=O)c2ccc(Oc3ccc(S(=O)(=O)c4ccc(Cc5ccccc5)cc4)cc3)cc2)cc1. The summed E-state index contributed by atoms with van der Waals surface area (Å²) < 4.78 is 83.7. The average molecular weight is 681 g/mol. The van der Waals surface area contributed by atoms with Crippen LogP contribution < -0.4 is 4.74 Å². The van der Waals surface area contributed by atoms with E-state index in [0.29, 0.717) is 17.8 Å². The van der Waals surface area contributed by atoms with Crippen molar-refractivity contribution in [3.63, 3.8) is 0 Å². The molecule has 0 aromatic heterocycles. The van der Waals surface area contributed by atoms with Crippen LogP contribution in [0, 0.1) is 6.92 Å². The van der Waals surface area contributed by atoms with E-state index in [1.165, 1.54) is 24.3 Å². The summed E-state index contributed by atoms with van der Waals surface area (Å²) in [5, 5.41) is 0. The summed E-state index contributed by atoms with van der Waals surface area (Å²) in [5.41, 5.74) is 3.17. The largest absolute Gasteiger partial charge is 0.457 e. The molecule has 1 N–H and O–H groups in total. The van der Waals surface area contributed by atoms with Gasteiger partial charge >= 0.3 is 0 Å². The molecule has 11 heteroatoms. The van der Waals surface area contributed by atoms with Gasteiger partial charge in [-0.3, -0.25) is 4.55 Å². The fraction of sp³-hybridized carbons (Fsp3) is 0.143. The van der Waals surface area contributed by atoms with Crippen LogP contribution in [0.5, 0.6) is 11.5 Å². The molecule has 0 unspecified atom stereocenters. The van der Waals surface area contributed by atoms with Crippen molar-refractivity contribution in [2.24, 2.45) is 0 Å². The molecule has 0 aliphatic rings. The second-order valence-corrected chi connectivity index (χ2v) is 15.3. The van der Waals surface area contributed by atoms with E-state index in [9.17, 15) is 25.3 Å². The molecule has 0 aliphatic heterocycles. The van der Waals surface area contributed by atoms with Crippen LogP contribution in [-0.4, -0.2) is 36.1 Å². The van der Waals surface area contributed by atoms with Crippen LogP contribution >= 0.6 is 0 Å². The lowest BCUT2D eigenvalue weighted by Gasteiger charge is -2.10. The molecule has 5 rings (SSSR count). The average Bonchev–Trinajstić information content (AvgIpc) is 3.03. The predicted octanol–water partition coefficient (Wildman–Crippen LogP) is 7.57. The lowest BCUT2D eigenvalue weighted by Crippen LogP contribution is -2.02. The van der Waals surface area contributed by atoms with Gasteiger partial charge in [-0.2, -0.15) is 8.42 Å². The molecule has 8 nitrogen and oxygen atoms in total. The van der Waals surface area contributed by atoms with Crippen molar-refractivity contribution in [1.82, 2.24) is 0 Å². The fourth-order valence-electron chi connectivity index (χ4n) is 4.12. The highest BCUT2D eigenvalue weighted by atomic mass is 32.2. The first-order valence-corrected chi connectivity index (χ1v) is 19.0. The Labute approximate surface area is 271 Å². The van der Waals surface area contributed by atoms with Gasteiger partial charge in [0.2, 0.25) is 19.7 Å². The van der Waals surface area contributed by atoms with Crippen LogP contribution in [0.1, 0.15) is 30.5 Å². The zero-order valence-corrected chi connectivity index (χ0v) is 28.3. The summed E-state index contributed by atoms with van der Waals surface area (Å²) in [6.07, 6.45) is 1.44. The van der Waals surface area contributed by atoms with Crippen molar-refractivity contribution in [3.8, 4) is 11.5 Å². The first-order chi connectivity index (χ1) is 21.7. The third-order valence-electron chi connectivity index (χ3n) is 6.32. The smallest absolute Gasteiger partial charge is 0.261 e. The van der Waals surface area contributed by atoms with E-state index in [2.05, 4.69) is 0 Å². The minimum atomic E-state index is -3.69. The minimum Gasteiger partial charge on any atom is -0.457 e. The standard InChI is InChI=1S/C32H26O5S2.C2H6.CH4O3S/c1-24-7-15-29(16-8-24)38(33,34)31-19-11-27(12-20-31)37-28-13-21-32(22-14-28)39(35,36)30-17-9-26(10-18-30)23-25-5-3-2-4-6-25;1-2;1-5(2,3)4/h2-22H,23H2,1H3;1-2H3;1H3,(H,2,3,4). The number of rotatable bonds is 8. The van der Waals surface area contributed by atoms with Crippen molar-refractivity contribution >= 4 is 29.8 Å². The highest BCUT2D eigenvalue weighted by Gasteiger charge is 2.19. The fourth-order valence-corrected chi connectivity index (χ4v) is 6.64. The van der Waals surface area contributed by atoms with Crippen LogP contribution in [0.3, 0.4) is 0 Å². The predicted molar refractivity (Wildman–Crippen MR) is 180 cm³/mol. The Hall–Kier alpha value is -4.29. The molecule has 0 saturated heterocycles. The van der Waals surface area contributed by atoms with Crippen molar-refractivity contribution < 1.29 is 34.5 Å². The Balaban J connectivity index is 0.000000752. The maximum Gasteiger partial charge on any atom is 0.261 e. The third kappa shape index (κ3) is 10.4. The Kier molecular flexibility index (Phi) is 12.4. The monoisotopic (exact) mass is 680 g/mol. The normalized spacial score (nSPS) is 11.3. The molecule has 5 aromatic carbocycles. The van der Waals surface area contributed by atoms with E-state index < -0.39 is 29.8 Å². The molecule has 46 heavy (non-hydrogen) atoms. The second kappa shape index (κ2) is 15.8. The number of hydrogen-bond acceptors (Lipinski definition) is 7. The number of aryl methyl sites for hydroxylation is 1. The van der Waals surface area contributed by atoms with Gasteiger partial charge < -0.3 is 4.74 Å². The van der Waals surface area contributed by atoms with Crippen LogP contribution in [-0.2, 0) is 36.2 Å². The highest BCUT2D eigenvalue weighted by molar-refractivity contribution is 7.91. The molecular formula is C35H36O8S3. The first-order valence-electron chi connectivity index (χ1n) is 14.2. The molecule has 5 aromatic rings. The van der Waals surface area contributed by atoms with Crippen LogP contribution in [0.15, 0.2) is 147 Å². The van der Waals surface area contributed by atoms with E-state index in [1.54, 1.807) is 60.7 Å². The molecule has 0 atom stereocenters.